The van der Waals surface area contributed by atoms with Crippen LogP contribution in [0.2, 0.25) is 5.02 Å². The first kappa shape index (κ1) is 18.4. The number of nitrogens with one attached hydrogen (secondary N) is 1. The molecule has 1 fully saturated rings. The lowest BCUT2D eigenvalue weighted by molar-refractivity contribution is 0.199. The van der Waals surface area contributed by atoms with Gasteiger partial charge in [-0.25, -0.2) is 0 Å². The van der Waals surface area contributed by atoms with E-state index < -0.39 is 0 Å². The molecule has 1 atom stereocenters. The van der Waals surface area contributed by atoms with Crippen LogP contribution in [0.3, 0.4) is 0 Å². The van der Waals surface area contributed by atoms with Crippen LogP contribution in [0.4, 0.5) is 0 Å². The van der Waals surface area contributed by atoms with E-state index in [1.165, 1.54) is 0 Å². The summed E-state index contributed by atoms with van der Waals surface area (Å²) >= 11 is 6.30. The predicted octanol–water partition coefficient (Wildman–Crippen LogP) is 2.96. The molecule has 0 aromatic heterocycles. The van der Waals surface area contributed by atoms with Crippen LogP contribution in [-0.4, -0.2) is 44.3 Å². The quantitative estimate of drug-likeness (QED) is 0.897. The lowest BCUT2D eigenvalue weighted by atomic mass is 10.1. The summed E-state index contributed by atoms with van der Waals surface area (Å²) in [5, 5.41) is 4.06. The Bertz CT molecular complexity index is 458. The Morgan fingerprint density at radius 2 is 2.19 bits per heavy atom. The van der Waals surface area contributed by atoms with E-state index in [1.54, 1.807) is 7.11 Å². The number of hydrogen-bond donors (Lipinski definition) is 1. The van der Waals surface area contributed by atoms with Gasteiger partial charge in [-0.1, -0.05) is 11.6 Å². The fourth-order valence-electron chi connectivity index (χ4n) is 2.56. The highest BCUT2D eigenvalue weighted by molar-refractivity contribution is 6.32. The highest BCUT2D eigenvalue weighted by Gasteiger charge is 2.17. The molecule has 1 aliphatic heterocycles. The zero-order chi connectivity index (χ0) is 14.5. The van der Waals surface area contributed by atoms with Gasteiger partial charge < -0.3 is 14.8 Å². The first-order chi connectivity index (χ1) is 9.63. The Morgan fingerprint density at radius 3 is 2.81 bits per heavy atom. The van der Waals surface area contributed by atoms with E-state index in [-0.39, 0.29) is 12.4 Å². The molecule has 120 valence electrons. The van der Waals surface area contributed by atoms with Gasteiger partial charge in [0.05, 0.1) is 18.7 Å². The van der Waals surface area contributed by atoms with Gasteiger partial charge in [-0.05, 0) is 31.5 Å². The van der Waals surface area contributed by atoms with Crippen LogP contribution < -0.4 is 14.8 Å². The van der Waals surface area contributed by atoms with Crippen molar-refractivity contribution in [2.75, 3.05) is 33.4 Å². The highest BCUT2D eigenvalue weighted by Crippen LogP contribution is 2.36. The topological polar surface area (TPSA) is 33.7 Å². The maximum Gasteiger partial charge on any atom is 0.179 e. The maximum atomic E-state index is 6.30. The van der Waals surface area contributed by atoms with Crippen molar-refractivity contribution in [3.63, 3.8) is 0 Å². The minimum atomic E-state index is 0. The van der Waals surface area contributed by atoms with Crippen molar-refractivity contribution in [3.05, 3.63) is 22.7 Å². The largest absolute Gasteiger partial charge is 0.493 e. The molecule has 1 saturated heterocycles. The molecule has 0 spiro atoms. The molecule has 0 unspecified atom stereocenters. The average Bonchev–Trinajstić information content (AvgIpc) is 2.41. The first-order valence-electron chi connectivity index (χ1n) is 7.09. The molecule has 1 heterocycles. The van der Waals surface area contributed by atoms with E-state index in [2.05, 4.69) is 17.1 Å². The number of methoxy groups -OCH3 is 1. The second kappa shape index (κ2) is 8.69. The van der Waals surface area contributed by atoms with Gasteiger partial charge in [0.2, 0.25) is 0 Å². The third kappa shape index (κ3) is 4.92. The van der Waals surface area contributed by atoms with E-state index in [9.17, 15) is 0 Å². The summed E-state index contributed by atoms with van der Waals surface area (Å²) in [6.07, 6.45) is 0. The molecule has 0 aliphatic carbocycles. The summed E-state index contributed by atoms with van der Waals surface area (Å²) in [5.41, 5.74) is 1.16. The van der Waals surface area contributed by atoms with Gasteiger partial charge in [-0.2, -0.15) is 0 Å². The number of hydrogen-bond acceptors (Lipinski definition) is 4. The molecule has 6 heteroatoms. The molecule has 4 nitrogen and oxygen atoms in total. The molecule has 1 N–H and O–H groups in total. The van der Waals surface area contributed by atoms with Crippen LogP contribution in [0.5, 0.6) is 11.5 Å². The predicted molar refractivity (Wildman–Crippen MR) is 89.2 cm³/mol. The van der Waals surface area contributed by atoms with Crippen LogP contribution in [0.25, 0.3) is 0 Å². The molecule has 0 saturated carbocycles. The summed E-state index contributed by atoms with van der Waals surface area (Å²) in [6, 6.07) is 4.52. The van der Waals surface area contributed by atoms with Gasteiger partial charge >= 0.3 is 0 Å². The van der Waals surface area contributed by atoms with E-state index in [0.717, 1.165) is 31.7 Å². The van der Waals surface area contributed by atoms with Crippen LogP contribution in [0.15, 0.2) is 12.1 Å². The van der Waals surface area contributed by atoms with Crippen molar-refractivity contribution in [3.8, 4) is 11.5 Å². The van der Waals surface area contributed by atoms with Gasteiger partial charge in [-0.15, -0.1) is 12.4 Å². The van der Waals surface area contributed by atoms with Crippen molar-refractivity contribution < 1.29 is 9.47 Å². The lowest BCUT2D eigenvalue weighted by Crippen LogP contribution is -2.48. The summed E-state index contributed by atoms with van der Waals surface area (Å²) in [6.45, 7) is 8.73. The highest BCUT2D eigenvalue weighted by atomic mass is 35.5. The zero-order valence-electron chi connectivity index (χ0n) is 12.8. The van der Waals surface area contributed by atoms with Crippen LogP contribution >= 0.6 is 24.0 Å². The summed E-state index contributed by atoms with van der Waals surface area (Å²) < 4.78 is 10.9. The normalized spacial score (nSPS) is 19.0. The fourth-order valence-corrected chi connectivity index (χ4v) is 2.85. The van der Waals surface area contributed by atoms with Crippen molar-refractivity contribution >= 4 is 24.0 Å². The molecule has 1 aromatic carbocycles. The number of halogens is 2. The van der Waals surface area contributed by atoms with E-state index in [0.29, 0.717) is 29.2 Å². The maximum absolute atomic E-state index is 6.30. The molecule has 0 bridgehead atoms. The Balaban J connectivity index is 0.00000220. The van der Waals surface area contributed by atoms with Gasteiger partial charge in [0.1, 0.15) is 0 Å². The van der Waals surface area contributed by atoms with Crippen molar-refractivity contribution in [1.82, 2.24) is 10.2 Å². The average molecular weight is 335 g/mol. The minimum absolute atomic E-state index is 0. The number of rotatable bonds is 5. The molecular formula is C15H24Cl2N2O2. The smallest absolute Gasteiger partial charge is 0.179 e. The Kier molecular flexibility index (Phi) is 7.60. The second-order valence-corrected chi connectivity index (χ2v) is 5.54. The molecule has 2 rings (SSSR count). The standard InChI is InChI=1S/C15H23ClN2O2.ClH/c1-4-20-15-13(16)7-12(8-14(15)19-3)10-18-6-5-17-11(2)9-18;/h7-8,11,17H,4-6,9-10H2,1-3H3;1H/t11-;/m0./s1. The van der Waals surface area contributed by atoms with Gasteiger partial charge in [0, 0.05) is 32.2 Å². The third-order valence-corrected chi connectivity index (χ3v) is 3.72. The van der Waals surface area contributed by atoms with Crippen LogP contribution in [-0.2, 0) is 6.54 Å². The van der Waals surface area contributed by atoms with Crippen molar-refractivity contribution in [2.24, 2.45) is 0 Å². The van der Waals surface area contributed by atoms with Crippen LogP contribution in [0, 0.1) is 0 Å². The van der Waals surface area contributed by atoms with Crippen LogP contribution in [0.1, 0.15) is 19.4 Å². The first-order valence-corrected chi connectivity index (χ1v) is 7.46. The Morgan fingerprint density at radius 1 is 1.43 bits per heavy atom. The minimum Gasteiger partial charge on any atom is -0.493 e. The molecule has 1 aliphatic rings. The fraction of sp³-hybridized carbons (Fsp3) is 0.600. The third-order valence-electron chi connectivity index (χ3n) is 3.44. The van der Waals surface area contributed by atoms with Gasteiger partial charge in [-0.3, -0.25) is 4.90 Å². The molecule has 21 heavy (non-hydrogen) atoms. The lowest BCUT2D eigenvalue weighted by Gasteiger charge is -2.32. The summed E-state index contributed by atoms with van der Waals surface area (Å²) in [5.74, 6) is 1.34. The number of ether oxygens (including phenoxy) is 2. The second-order valence-electron chi connectivity index (χ2n) is 5.13. The SMILES string of the molecule is CCOc1c(Cl)cc(CN2CCN[C@@H](C)C2)cc1OC.Cl. The summed E-state index contributed by atoms with van der Waals surface area (Å²) in [7, 11) is 1.64. The van der Waals surface area contributed by atoms with Gasteiger partial charge in [0.15, 0.2) is 11.5 Å². The van der Waals surface area contributed by atoms with E-state index in [1.807, 2.05) is 19.1 Å². The number of nitrogens with zero attached hydrogens (tertiary/aromatic N) is 1. The monoisotopic (exact) mass is 334 g/mol. The number of benzene rings is 1. The molecule has 0 radical (unpaired) electrons. The van der Waals surface area contributed by atoms with E-state index in [4.69, 9.17) is 21.1 Å². The molecular weight excluding hydrogens is 311 g/mol. The zero-order valence-corrected chi connectivity index (χ0v) is 14.4. The molecule has 1 aromatic rings. The van der Waals surface area contributed by atoms with E-state index >= 15 is 0 Å². The number of piperazine rings is 1. The Labute approximate surface area is 138 Å². The van der Waals surface area contributed by atoms with Gasteiger partial charge in [0.25, 0.3) is 0 Å². The summed E-state index contributed by atoms with van der Waals surface area (Å²) in [4.78, 5) is 2.42. The van der Waals surface area contributed by atoms with Crippen molar-refractivity contribution in [2.45, 2.75) is 26.4 Å². The Hall–Kier alpha value is -0.680. The molecule has 0 amide bonds. The van der Waals surface area contributed by atoms with Crippen molar-refractivity contribution in [1.29, 1.82) is 0 Å².